The normalized spacial score (nSPS) is 19.1. The predicted molar refractivity (Wildman–Crippen MR) is 91.0 cm³/mol. The van der Waals surface area contributed by atoms with Crippen molar-refractivity contribution in [3.8, 4) is 11.5 Å². The molecule has 5 nitrogen and oxygen atoms in total. The van der Waals surface area contributed by atoms with Gasteiger partial charge in [0.2, 0.25) is 0 Å². The molecule has 1 saturated heterocycles. The van der Waals surface area contributed by atoms with Gasteiger partial charge in [-0.25, -0.2) is 0 Å². The summed E-state index contributed by atoms with van der Waals surface area (Å²) in [5, 5.41) is 0. The molecule has 1 aromatic carbocycles. The Hall–Kier alpha value is -2.27. The first-order valence-corrected chi connectivity index (χ1v) is 8.35. The van der Waals surface area contributed by atoms with E-state index >= 15 is 0 Å². The Bertz CT molecular complexity index is 773. The van der Waals surface area contributed by atoms with Crippen LogP contribution in [-0.2, 0) is 12.1 Å². The number of ether oxygens (including phenoxy) is 2. The number of carbonyl (C=O) groups is 1. The van der Waals surface area contributed by atoms with Gasteiger partial charge in [-0.3, -0.25) is 4.79 Å². The van der Waals surface area contributed by atoms with Crippen molar-refractivity contribution in [3.63, 3.8) is 0 Å². The number of likely N-dealkylation sites (tertiary alicyclic amines) is 1. The smallest absolute Gasteiger partial charge is 0.166 e. The van der Waals surface area contributed by atoms with Crippen LogP contribution in [0.2, 0.25) is 0 Å². The fraction of sp³-hybridized carbons (Fsp3) is 0.421. The van der Waals surface area contributed by atoms with Crippen molar-refractivity contribution in [2.75, 3.05) is 27.2 Å². The van der Waals surface area contributed by atoms with Crippen molar-refractivity contribution in [1.29, 1.82) is 0 Å². The van der Waals surface area contributed by atoms with Crippen molar-refractivity contribution in [2.45, 2.75) is 25.0 Å². The van der Waals surface area contributed by atoms with Gasteiger partial charge in [-0.2, -0.15) is 0 Å². The van der Waals surface area contributed by atoms with Crippen LogP contribution in [0.3, 0.4) is 0 Å². The molecule has 1 spiro atoms. The zero-order chi connectivity index (χ0) is 16.7. The topological polar surface area (TPSA) is 43.7 Å². The van der Waals surface area contributed by atoms with Gasteiger partial charge in [0.25, 0.3) is 0 Å². The number of piperidine rings is 1. The average molecular weight is 326 g/mol. The van der Waals surface area contributed by atoms with E-state index in [9.17, 15) is 4.79 Å². The second-order valence-electron chi connectivity index (χ2n) is 6.68. The first-order valence-electron chi connectivity index (χ1n) is 8.35. The molecule has 4 rings (SSSR count). The summed E-state index contributed by atoms with van der Waals surface area (Å²) in [4.78, 5) is 13.9. The van der Waals surface area contributed by atoms with Crippen LogP contribution in [0.5, 0.6) is 11.5 Å². The predicted octanol–water partition coefficient (Wildman–Crippen LogP) is 2.67. The monoisotopic (exact) mass is 326 g/mol. The summed E-state index contributed by atoms with van der Waals surface area (Å²) in [6.07, 6.45) is 2.73. The molecule has 0 atom stereocenters. The molecule has 0 bridgehead atoms. The number of aldehydes is 1. The van der Waals surface area contributed by atoms with E-state index in [2.05, 4.69) is 16.5 Å². The minimum Gasteiger partial charge on any atom is -0.496 e. The van der Waals surface area contributed by atoms with Crippen molar-refractivity contribution in [1.82, 2.24) is 9.47 Å². The van der Waals surface area contributed by atoms with Crippen LogP contribution >= 0.6 is 0 Å². The van der Waals surface area contributed by atoms with E-state index in [0.29, 0.717) is 12.2 Å². The van der Waals surface area contributed by atoms with Crippen LogP contribution in [0.4, 0.5) is 0 Å². The van der Waals surface area contributed by atoms with Crippen molar-refractivity contribution in [2.24, 2.45) is 0 Å². The largest absolute Gasteiger partial charge is 0.496 e. The zero-order valence-electron chi connectivity index (χ0n) is 14.1. The van der Waals surface area contributed by atoms with E-state index < -0.39 is 0 Å². The van der Waals surface area contributed by atoms with Crippen molar-refractivity contribution < 1.29 is 14.3 Å². The molecule has 0 aliphatic carbocycles. The summed E-state index contributed by atoms with van der Waals surface area (Å²) in [7, 11) is 3.81. The van der Waals surface area contributed by atoms with E-state index in [1.54, 1.807) is 7.11 Å². The molecule has 0 radical (unpaired) electrons. The van der Waals surface area contributed by atoms with E-state index in [-0.39, 0.29) is 5.60 Å². The molecule has 24 heavy (non-hydrogen) atoms. The van der Waals surface area contributed by atoms with Crippen LogP contribution in [0.1, 0.15) is 34.6 Å². The Morgan fingerprint density at radius 3 is 2.71 bits per heavy atom. The van der Waals surface area contributed by atoms with Gasteiger partial charge in [-0.1, -0.05) is 6.07 Å². The molecule has 2 aromatic rings. The summed E-state index contributed by atoms with van der Waals surface area (Å²) in [5.74, 6) is 1.66. The number of hydrogen-bond acceptors (Lipinski definition) is 4. The zero-order valence-corrected chi connectivity index (χ0v) is 14.1. The molecule has 3 heterocycles. The second kappa shape index (κ2) is 5.67. The van der Waals surface area contributed by atoms with Crippen molar-refractivity contribution in [3.05, 3.63) is 47.3 Å². The maximum absolute atomic E-state index is 11.5. The van der Waals surface area contributed by atoms with Gasteiger partial charge in [0.15, 0.2) is 11.9 Å². The fourth-order valence-electron chi connectivity index (χ4n) is 3.91. The molecule has 1 fully saturated rings. The van der Waals surface area contributed by atoms with Crippen LogP contribution in [-0.4, -0.2) is 43.0 Å². The SMILES string of the molecule is COc1cccc2c1Cn1c(C=O)ccc1C1(CCN(C)CC1)O2. The number of benzene rings is 1. The molecule has 5 heteroatoms. The Labute approximate surface area is 141 Å². The lowest BCUT2D eigenvalue weighted by molar-refractivity contribution is 0.000244. The Kier molecular flexibility index (Phi) is 3.61. The molecule has 0 N–H and O–H groups in total. The van der Waals surface area contributed by atoms with Gasteiger partial charge in [0.1, 0.15) is 11.5 Å². The highest BCUT2D eigenvalue weighted by Crippen LogP contribution is 2.44. The molecular formula is C19H22N2O3. The lowest BCUT2D eigenvalue weighted by Crippen LogP contribution is -2.45. The van der Waals surface area contributed by atoms with E-state index in [1.165, 1.54) is 0 Å². The van der Waals surface area contributed by atoms with Gasteiger partial charge < -0.3 is 18.9 Å². The minimum absolute atomic E-state index is 0.384. The minimum atomic E-state index is -0.384. The first-order chi connectivity index (χ1) is 11.7. The molecule has 0 amide bonds. The highest BCUT2D eigenvalue weighted by Gasteiger charge is 2.42. The number of fused-ring (bicyclic) bond motifs is 3. The molecule has 0 unspecified atom stereocenters. The van der Waals surface area contributed by atoms with E-state index in [0.717, 1.165) is 55.0 Å². The van der Waals surface area contributed by atoms with Gasteiger partial charge in [-0.15, -0.1) is 0 Å². The highest BCUT2D eigenvalue weighted by atomic mass is 16.5. The molecule has 2 aliphatic rings. The molecular weight excluding hydrogens is 304 g/mol. The third kappa shape index (κ3) is 2.23. The lowest BCUT2D eigenvalue weighted by atomic mass is 9.88. The standard InChI is InChI=1S/C19H22N2O3/c1-20-10-8-19(9-11-20)18-7-6-14(13-22)21(18)12-15-16(23-2)4-3-5-17(15)24-19/h3-7,13H,8-12H2,1-2H3. The third-order valence-electron chi connectivity index (χ3n) is 5.33. The summed E-state index contributed by atoms with van der Waals surface area (Å²) in [6, 6.07) is 9.85. The number of methoxy groups -OCH3 is 1. The summed E-state index contributed by atoms with van der Waals surface area (Å²) < 4.78 is 14.2. The third-order valence-corrected chi connectivity index (χ3v) is 5.33. The van der Waals surface area contributed by atoms with E-state index in [1.807, 2.05) is 30.3 Å². The van der Waals surface area contributed by atoms with Crippen LogP contribution in [0.15, 0.2) is 30.3 Å². The van der Waals surface area contributed by atoms with Gasteiger partial charge in [-0.05, 0) is 31.3 Å². The van der Waals surface area contributed by atoms with Gasteiger partial charge in [0, 0.05) is 25.9 Å². The quantitative estimate of drug-likeness (QED) is 0.796. The van der Waals surface area contributed by atoms with Crippen LogP contribution < -0.4 is 9.47 Å². The molecule has 0 saturated carbocycles. The Morgan fingerprint density at radius 2 is 2.00 bits per heavy atom. The second-order valence-corrected chi connectivity index (χ2v) is 6.68. The summed E-state index contributed by atoms with van der Waals surface area (Å²) in [5.41, 5.74) is 2.39. The van der Waals surface area contributed by atoms with Gasteiger partial charge >= 0.3 is 0 Å². The molecule has 1 aromatic heterocycles. The van der Waals surface area contributed by atoms with E-state index in [4.69, 9.17) is 9.47 Å². The number of hydrogen-bond donors (Lipinski definition) is 0. The molecule has 2 aliphatic heterocycles. The first kappa shape index (κ1) is 15.3. The number of rotatable bonds is 2. The Morgan fingerprint density at radius 1 is 1.21 bits per heavy atom. The Balaban J connectivity index is 1.90. The average Bonchev–Trinajstić information content (AvgIpc) is 2.96. The summed E-state index contributed by atoms with van der Waals surface area (Å²) >= 11 is 0. The lowest BCUT2D eigenvalue weighted by Gasteiger charge is -2.40. The number of carbonyl (C=O) groups excluding carboxylic acids is 1. The summed E-state index contributed by atoms with van der Waals surface area (Å²) in [6.45, 7) is 2.54. The van der Waals surface area contributed by atoms with Crippen LogP contribution in [0, 0.1) is 0 Å². The maximum atomic E-state index is 11.5. The highest BCUT2D eigenvalue weighted by molar-refractivity contribution is 5.73. The van der Waals surface area contributed by atoms with Crippen molar-refractivity contribution >= 4 is 6.29 Å². The van der Waals surface area contributed by atoms with Crippen LogP contribution in [0.25, 0.3) is 0 Å². The number of aromatic nitrogens is 1. The number of nitrogens with zero attached hydrogens (tertiary/aromatic N) is 2. The maximum Gasteiger partial charge on any atom is 0.166 e. The van der Waals surface area contributed by atoms with Gasteiger partial charge in [0.05, 0.1) is 30.6 Å². The molecule has 126 valence electrons. The fourth-order valence-corrected chi connectivity index (χ4v) is 3.91.